The van der Waals surface area contributed by atoms with Gasteiger partial charge in [-0.25, -0.2) is 8.42 Å². The molecule has 1 rings (SSSR count). The number of hydrogen-bond donors (Lipinski definition) is 0. The van der Waals surface area contributed by atoms with E-state index in [9.17, 15) is 8.42 Å². The predicted molar refractivity (Wildman–Crippen MR) is 43.5 cm³/mol. The van der Waals surface area contributed by atoms with Crippen LogP contribution in [0.25, 0.3) is 0 Å². The summed E-state index contributed by atoms with van der Waals surface area (Å²) in [5.74, 6) is 1.55. The standard InChI is InChI=1S/C5H11NO2S2/c1-5-3-9-4-6(5)10(2,7)8/h5H,3-4H2,1-2H3/t5-/m0/s1. The molecule has 0 aromatic rings. The molecule has 1 heterocycles. The first-order chi connectivity index (χ1) is 4.52. The molecule has 5 heteroatoms. The van der Waals surface area contributed by atoms with Gasteiger partial charge in [0.1, 0.15) is 0 Å². The molecule has 0 amide bonds. The van der Waals surface area contributed by atoms with E-state index in [4.69, 9.17) is 0 Å². The van der Waals surface area contributed by atoms with Crippen LogP contribution in [0.5, 0.6) is 0 Å². The average molecular weight is 181 g/mol. The maximum absolute atomic E-state index is 11.0. The zero-order chi connectivity index (χ0) is 7.78. The molecule has 0 aliphatic carbocycles. The molecule has 1 atom stereocenters. The van der Waals surface area contributed by atoms with Gasteiger partial charge in [-0.15, -0.1) is 11.8 Å². The summed E-state index contributed by atoms with van der Waals surface area (Å²) in [6.07, 6.45) is 1.26. The van der Waals surface area contributed by atoms with Gasteiger partial charge in [0.05, 0.1) is 12.1 Å². The molecule has 10 heavy (non-hydrogen) atoms. The van der Waals surface area contributed by atoms with Crippen molar-refractivity contribution in [1.82, 2.24) is 4.31 Å². The second-order valence-corrected chi connectivity index (χ2v) is 5.43. The van der Waals surface area contributed by atoms with Gasteiger partial charge in [-0.2, -0.15) is 4.31 Å². The van der Waals surface area contributed by atoms with Crippen molar-refractivity contribution >= 4 is 21.8 Å². The van der Waals surface area contributed by atoms with Crippen LogP contribution in [0, 0.1) is 0 Å². The van der Waals surface area contributed by atoms with Gasteiger partial charge in [-0.05, 0) is 6.92 Å². The average Bonchev–Trinajstić information content (AvgIpc) is 2.11. The normalized spacial score (nSPS) is 29.2. The summed E-state index contributed by atoms with van der Waals surface area (Å²) in [7, 11) is -2.94. The minimum absolute atomic E-state index is 0.181. The van der Waals surface area contributed by atoms with Crippen molar-refractivity contribution in [2.45, 2.75) is 13.0 Å². The molecule has 0 unspecified atom stereocenters. The van der Waals surface area contributed by atoms with Crippen molar-refractivity contribution in [2.24, 2.45) is 0 Å². The lowest BCUT2D eigenvalue weighted by atomic mass is 10.4. The molecule has 0 saturated carbocycles. The van der Waals surface area contributed by atoms with E-state index in [1.165, 1.54) is 10.6 Å². The van der Waals surface area contributed by atoms with Gasteiger partial charge in [0, 0.05) is 11.8 Å². The lowest BCUT2D eigenvalue weighted by Gasteiger charge is -2.16. The highest BCUT2D eigenvalue weighted by atomic mass is 32.2. The van der Waals surface area contributed by atoms with Crippen LogP contribution < -0.4 is 0 Å². The molecule has 0 N–H and O–H groups in total. The Hall–Kier alpha value is 0.260. The van der Waals surface area contributed by atoms with Crippen LogP contribution >= 0.6 is 11.8 Å². The second kappa shape index (κ2) is 2.71. The van der Waals surface area contributed by atoms with E-state index in [-0.39, 0.29) is 6.04 Å². The molecule has 0 radical (unpaired) electrons. The molecular formula is C5H11NO2S2. The van der Waals surface area contributed by atoms with E-state index in [1.807, 2.05) is 6.92 Å². The molecule has 0 spiro atoms. The SMILES string of the molecule is C[C@H]1CSCN1S(C)(=O)=O. The summed E-state index contributed by atoms with van der Waals surface area (Å²) in [6, 6.07) is 0.181. The third-order valence-electron chi connectivity index (χ3n) is 1.50. The van der Waals surface area contributed by atoms with Crippen molar-refractivity contribution < 1.29 is 8.42 Å². The second-order valence-electron chi connectivity index (χ2n) is 2.50. The van der Waals surface area contributed by atoms with E-state index in [1.54, 1.807) is 11.8 Å². The molecule has 0 aromatic heterocycles. The molecule has 0 bridgehead atoms. The van der Waals surface area contributed by atoms with Crippen LogP contribution in [-0.2, 0) is 10.0 Å². The van der Waals surface area contributed by atoms with Gasteiger partial charge in [0.25, 0.3) is 0 Å². The number of nitrogens with zero attached hydrogens (tertiary/aromatic N) is 1. The van der Waals surface area contributed by atoms with Crippen LogP contribution in [0.1, 0.15) is 6.92 Å². The molecule has 0 aromatic carbocycles. The Labute approximate surface area is 65.8 Å². The fraction of sp³-hybridized carbons (Fsp3) is 1.00. The Bertz CT molecular complexity index is 212. The Kier molecular flexibility index (Phi) is 2.27. The fourth-order valence-corrected chi connectivity index (χ4v) is 3.82. The summed E-state index contributed by atoms with van der Waals surface area (Å²) in [4.78, 5) is 0. The summed E-state index contributed by atoms with van der Waals surface area (Å²) >= 11 is 1.66. The molecule has 1 aliphatic heterocycles. The highest BCUT2D eigenvalue weighted by Gasteiger charge is 2.27. The maximum Gasteiger partial charge on any atom is 0.212 e. The van der Waals surface area contributed by atoms with E-state index in [0.29, 0.717) is 5.88 Å². The van der Waals surface area contributed by atoms with Gasteiger partial charge >= 0.3 is 0 Å². The smallest absolute Gasteiger partial charge is 0.212 e. The van der Waals surface area contributed by atoms with Gasteiger partial charge in [0.2, 0.25) is 10.0 Å². The molecular weight excluding hydrogens is 170 g/mol. The minimum Gasteiger partial charge on any atom is -0.212 e. The Morgan fingerprint density at radius 2 is 2.20 bits per heavy atom. The highest BCUT2D eigenvalue weighted by Crippen LogP contribution is 2.22. The zero-order valence-electron chi connectivity index (χ0n) is 6.07. The largest absolute Gasteiger partial charge is 0.212 e. The van der Waals surface area contributed by atoms with Crippen LogP contribution in [0.15, 0.2) is 0 Å². The van der Waals surface area contributed by atoms with Crippen molar-refractivity contribution in [3.8, 4) is 0 Å². The third-order valence-corrected chi connectivity index (χ3v) is 4.18. The van der Waals surface area contributed by atoms with E-state index < -0.39 is 10.0 Å². The lowest BCUT2D eigenvalue weighted by molar-refractivity contribution is 0.424. The van der Waals surface area contributed by atoms with Crippen LogP contribution in [-0.4, -0.2) is 36.7 Å². The first kappa shape index (κ1) is 8.36. The molecule has 3 nitrogen and oxygen atoms in total. The van der Waals surface area contributed by atoms with Crippen molar-refractivity contribution in [2.75, 3.05) is 17.9 Å². The van der Waals surface area contributed by atoms with Gasteiger partial charge in [0.15, 0.2) is 0 Å². The van der Waals surface area contributed by atoms with E-state index in [2.05, 4.69) is 0 Å². The van der Waals surface area contributed by atoms with E-state index in [0.717, 1.165) is 5.75 Å². The predicted octanol–water partition coefficient (Wildman–Crippen LogP) is 0.341. The first-order valence-electron chi connectivity index (χ1n) is 3.06. The number of sulfonamides is 1. The van der Waals surface area contributed by atoms with Gasteiger partial charge < -0.3 is 0 Å². The number of hydrogen-bond acceptors (Lipinski definition) is 3. The zero-order valence-corrected chi connectivity index (χ0v) is 7.70. The highest BCUT2D eigenvalue weighted by molar-refractivity contribution is 8.00. The van der Waals surface area contributed by atoms with E-state index >= 15 is 0 Å². The Balaban J connectivity index is 2.74. The summed E-state index contributed by atoms with van der Waals surface area (Å²) in [5, 5.41) is 0. The first-order valence-corrected chi connectivity index (χ1v) is 6.06. The van der Waals surface area contributed by atoms with Crippen LogP contribution in [0.3, 0.4) is 0 Å². The van der Waals surface area contributed by atoms with Crippen molar-refractivity contribution in [1.29, 1.82) is 0 Å². The Morgan fingerprint density at radius 1 is 1.60 bits per heavy atom. The fourth-order valence-electron chi connectivity index (χ4n) is 0.946. The van der Waals surface area contributed by atoms with Crippen LogP contribution in [0.2, 0.25) is 0 Å². The summed E-state index contributed by atoms with van der Waals surface area (Å²) in [5.41, 5.74) is 0. The lowest BCUT2D eigenvalue weighted by Crippen LogP contribution is -2.33. The summed E-state index contributed by atoms with van der Waals surface area (Å²) < 4.78 is 23.4. The van der Waals surface area contributed by atoms with Crippen molar-refractivity contribution in [3.05, 3.63) is 0 Å². The molecule has 1 saturated heterocycles. The maximum atomic E-state index is 11.0. The third kappa shape index (κ3) is 1.65. The van der Waals surface area contributed by atoms with Crippen molar-refractivity contribution in [3.63, 3.8) is 0 Å². The number of rotatable bonds is 1. The van der Waals surface area contributed by atoms with Gasteiger partial charge in [-0.1, -0.05) is 0 Å². The molecule has 60 valence electrons. The molecule has 1 fully saturated rings. The van der Waals surface area contributed by atoms with Crippen LogP contribution in [0.4, 0.5) is 0 Å². The Morgan fingerprint density at radius 3 is 2.40 bits per heavy atom. The summed E-state index contributed by atoms with van der Waals surface area (Å²) in [6.45, 7) is 1.93. The topological polar surface area (TPSA) is 37.4 Å². The monoisotopic (exact) mass is 181 g/mol. The minimum atomic E-state index is -2.94. The quantitative estimate of drug-likeness (QED) is 0.585. The van der Waals surface area contributed by atoms with Gasteiger partial charge in [-0.3, -0.25) is 0 Å². The number of thioether (sulfide) groups is 1. The molecule has 1 aliphatic rings.